The fourth-order valence-electron chi connectivity index (χ4n) is 2.41. The van der Waals surface area contributed by atoms with Crippen LogP contribution in [0.15, 0.2) is 12.1 Å². The maximum Gasteiger partial charge on any atom is 0.326 e. The van der Waals surface area contributed by atoms with Gasteiger partial charge in [-0.15, -0.1) is 0 Å². The second-order valence-corrected chi connectivity index (χ2v) is 5.92. The molecule has 1 heterocycles. The van der Waals surface area contributed by atoms with E-state index in [2.05, 4.69) is 0 Å². The molecule has 0 saturated carbocycles. The zero-order valence-electron chi connectivity index (χ0n) is 13.5. The number of fused-ring (bicyclic) bond motifs is 1. The van der Waals surface area contributed by atoms with Gasteiger partial charge in [-0.2, -0.15) is 0 Å². The van der Waals surface area contributed by atoms with Crippen molar-refractivity contribution in [2.24, 2.45) is 0 Å². The highest BCUT2D eigenvalue weighted by Crippen LogP contribution is 2.29. The van der Waals surface area contributed by atoms with Crippen LogP contribution in [0.2, 0.25) is 0 Å². The molecule has 1 N–H and O–H groups in total. The minimum absolute atomic E-state index is 0.0415. The molecular formula is C16H23N3O2. The van der Waals surface area contributed by atoms with Crippen LogP contribution in [0.4, 0.5) is 0 Å². The van der Waals surface area contributed by atoms with E-state index in [1.54, 1.807) is 6.92 Å². The van der Waals surface area contributed by atoms with Crippen LogP contribution >= 0.6 is 0 Å². The van der Waals surface area contributed by atoms with Crippen molar-refractivity contribution in [3.63, 3.8) is 0 Å². The molecule has 0 aliphatic heterocycles. The second kappa shape index (κ2) is 5.48. The van der Waals surface area contributed by atoms with Crippen molar-refractivity contribution in [2.75, 3.05) is 14.1 Å². The van der Waals surface area contributed by atoms with Crippen molar-refractivity contribution in [3.8, 4) is 0 Å². The molecule has 0 bridgehead atoms. The molecule has 0 aliphatic carbocycles. The number of carbonyl (C=O) groups is 1. The summed E-state index contributed by atoms with van der Waals surface area (Å²) in [5.41, 5.74) is 4.05. The first-order valence-corrected chi connectivity index (χ1v) is 7.12. The Hall–Kier alpha value is -1.88. The molecule has 5 nitrogen and oxygen atoms in total. The number of benzene rings is 1. The van der Waals surface area contributed by atoms with E-state index in [9.17, 15) is 9.90 Å². The predicted octanol–water partition coefficient (Wildman–Crippen LogP) is 2.92. The standard InChI is InChI=1S/C16H23N3O2/c1-9-7-13-14(8-10(9)2)19(12(4)16(20)21)15(17-13)11(3)18(5)6/h7-8,11-12H,1-6H3,(H,20,21). The molecule has 21 heavy (non-hydrogen) atoms. The first kappa shape index (κ1) is 15.5. The number of carboxylic acids is 1. The van der Waals surface area contributed by atoms with E-state index in [-0.39, 0.29) is 6.04 Å². The van der Waals surface area contributed by atoms with Crippen molar-refractivity contribution in [3.05, 3.63) is 29.1 Å². The number of aliphatic carboxylic acids is 1. The van der Waals surface area contributed by atoms with Gasteiger partial charge in [0.2, 0.25) is 0 Å². The topological polar surface area (TPSA) is 58.4 Å². The first-order valence-electron chi connectivity index (χ1n) is 7.12. The van der Waals surface area contributed by atoms with Gasteiger partial charge in [0.15, 0.2) is 0 Å². The summed E-state index contributed by atoms with van der Waals surface area (Å²) in [5.74, 6) is -0.0605. The van der Waals surface area contributed by atoms with Crippen LogP contribution in [-0.2, 0) is 4.79 Å². The van der Waals surface area contributed by atoms with E-state index in [1.165, 1.54) is 5.56 Å². The van der Waals surface area contributed by atoms with E-state index in [0.717, 1.165) is 22.4 Å². The smallest absolute Gasteiger partial charge is 0.326 e. The molecule has 2 aromatic rings. The SMILES string of the molecule is Cc1cc2nc(C(C)N(C)C)n(C(C)C(=O)O)c2cc1C. The molecule has 0 fully saturated rings. The van der Waals surface area contributed by atoms with Crippen LogP contribution in [0.3, 0.4) is 0 Å². The highest BCUT2D eigenvalue weighted by Gasteiger charge is 2.25. The van der Waals surface area contributed by atoms with Crippen molar-refractivity contribution >= 4 is 17.0 Å². The molecular weight excluding hydrogens is 266 g/mol. The van der Waals surface area contributed by atoms with E-state index < -0.39 is 12.0 Å². The Kier molecular flexibility index (Phi) is 4.05. The average Bonchev–Trinajstić information content (AvgIpc) is 2.75. The lowest BCUT2D eigenvalue weighted by atomic mass is 10.1. The summed E-state index contributed by atoms with van der Waals surface area (Å²) in [6.45, 7) is 7.81. The Morgan fingerprint density at radius 1 is 1.24 bits per heavy atom. The molecule has 2 unspecified atom stereocenters. The third-order valence-electron chi connectivity index (χ3n) is 4.23. The Bertz CT molecular complexity index is 688. The Morgan fingerprint density at radius 3 is 2.33 bits per heavy atom. The Balaban J connectivity index is 2.77. The molecule has 0 aliphatic rings. The van der Waals surface area contributed by atoms with Gasteiger partial charge < -0.3 is 9.67 Å². The fraction of sp³-hybridized carbons (Fsp3) is 0.500. The van der Waals surface area contributed by atoms with E-state index in [0.29, 0.717) is 0 Å². The number of carboxylic acid groups (broad SMARTS) is 1. The summed E-state index contributed by atoms with van der Waals surface area (Å²) in [6.07, 6.45) is 0. The highest BCUT2D eigenvalue weighted by molar-refractivity contribution is 5.81. The maximum absolute atomic E-state index is 11.5. The zero-order chi connectivity index (χ0) is 15.9. The largest absolute Gasteiger partial charge is 0.480 e. The lowest BCUT2D eigenvalue weighted by Crippen LogP contribution is -2.24. The van der Waals surface area contributed by atoms with Crippen LogP contribution in [-0.4, -0.2) is 39.6 Å². The molecule has 114 valence electrons. The number of hydrogen-bond donors (Lipinski definition) is 1. The summed E-state index contributed by atoms with van der Waals surface area (Å²) < 4.78 is 1.84. The number of aryl methyl sites for hydroxylation is 2. The molecule has 1 aromatic carbocycles. The number of nitrogens with zero attached hydrogens (tertiary/aromatic N) is 3. The molecule has 1 aromatic heterocycles. The number of hydrogen-bond acceptors (Lipinski definition) is 3. The van der Waals surface area contributed by atoms with E-state index in [4.69, 9.17) is 4.98 Å². The van der Waals surface area contributed by atoms with Crippen LogP contribution in [0.25, 0.3) is 11.0 Å². The first-order chi connectivity index (χ1) is 9.73. The quantitative estimate of drug-likeness (QED) is 0.940. The van der Waals surface area contributed by atoms with Gasteiger partial charge in [-0.05, 0) is 65.0 Å². The van der Waals surface area contributed by atoms with Crippen molar-refractivity contribution in [2.45, 2.75) is 39.8 Å². The molecule has 0 saturated heterocycles. The molecule has 2 atom stereocenters. The molecule has 2 rings (SSSR count). The number of rotatable bonds is 4. The third kappa shape index (κ3) is 2.65. The van der Waals surface area contributed by atoms with Crippen LogP contribution in [0.5, 0.6) is 0 Å². The van der Waals surface area contributed by atoms with Crippen LogP contribution in [0, 0.1) is 13.8 Å². The van der Waals surface area contributed by atoms with Gasteiger partial charge in [0.05, 0.1) is 17.1 Å². The summed E-state index contributed by atoms with van der Waals surface area (Å²) in [6, 6.07) is 3.46. The Morgan fingerprint density at radius 2 is 1.81 bits per heavy atom. The van der Waals surface area contributed by atoms with Crippen molar-refractivity contribution < 1.29 is 9.90 Å². The van der Waals surface area contributed by atoms with Crippen molar-refractivity contribution in [1.29, 1.82) is 0 Å². The predicted molar refractivity (Wildman–Crippen MR) is 83.7 cm³/mol. The van der Waals surface area contributed by atoms with Gasteiger partial charge in [0, 0.05) is 0 Å². The maximum atomic E-state index is 11.5. The summed E-state index contributed by atoms with van der Waals surface area (Å²) in [7, 11) is 3.94. The third-order valence-corrected chi connectivity index (χ3v) is 4.23. The zero-order valence-corrected chi connectivity index (χ0v) is 13.5. The minimum Gasteiger partial charge on any atom is -0.480 e. The Labute approximate surface area is 125 Å². The molecule has 0 amide bonds. The average molecular weight is 289 g/mol. The van der Waals surface area contributed by atoms with E-state index >= 15 is 0 Å². The van der Waals surface area contributed by atoms with Gasteiger partial charge in [-0.1, -0.05) is 0 Å². The second-order valence-electron chi connectivity index (χ2n) is 5.92. The minimum atomic E-state index is -0.847. The molecule has 0 spiro atoms. The number of imidazole rings is 1. The van der Waals surface area contributed by atoms with Gasteiger partial charge in [-0.25, -0.2) is 9.78 Å². The normalized spacial score (nSPS) is 14.6. The van der Waals surface area contributed by atoms with E-state index in [1.807, 2.05) is 56.5 Å². The van der Waals surface area contributed by atoms with Crippen LogP contribution < -0.4 is 0 Å². The summed E-state index contributed by atoms with van der Waals surface area (Å²) >= 11 is 0. The lowest BCUT2D eigenvalue weighted by molar-refractivity contribution is -0.140. The van der Waals surface area contributed by atoms with Gasteiger partial charge >= 0.3 is 5.97 Å². The summed E-state index contributed by atoms with van der Waals surface area (Å²) in [4.78, 5) is 18.2. The van der Waals surface area contributed by atoms with Gasteiger partial charge in [-0.3, -0.25) is 4.90 Å². The number of aromatic nitrogens is 2. The lowest BCUT2D eigenvalue weighted by Gasteiger charge is -2.22. The highest BCUT2D eigenvalue weighted by atomic mass is 16.4. The monoisotopic (exact) mass is 289 g/mol. The fourth-order valence-corrected chi connectivity index (χ4v) is 2.41. The van der Waals surface area contributed by atoms with Crippen molar-refractivity contribution in [1.82, 2.24) is 14.5 Å². The summed E-state index contributed by atoms with van der Waals surface area (Å²) in [5, 5.41) is 9.42. The molecule has 0 radical (unpaired) electrons. The molecule has 5 heteroatoms. The van der Waals surface area contributed by atoms with Crippen LogP contribution in [0.1, 0.15) is 42.9 Å². The van der Waals surface area contributed by atoms with Gasteiger partial charge in [0.25, 0.3) is 0 Å². The van der Waals surface area contributed by atoms with Gasteiger partial charge in [0.1, 0.15) is 11.9 Å².